The minimum absolute atomic E-state index is 0.0364. The first kappa shape index (κ1) is 19.0. The zero-order valence-corrected chi connectivity index (χ0v) is 17.5. The van der Waals surface area contributed by atoms with Crippen LogP contribution >= 0.6 is 11.3 Å². The summed E-state index contributed by atoms with van der Waals surface area (Å²) in [5, 5.41) is 8.85. The van der Waals surface area contributed by atoms with Gasteiger partial charge in [-0.25, -0.2) is 4.39 Å². The lowest BCUT2D eigenvalue weighted by Crippen LogP contribution is -2.30. The van der Waals surface area contributed by atoms with E-state index in [0.717, 1.165) is 40.7 Å². The van der Waals surface area contributed by atoms with Gasteiger partial charge in [0.05, 0.1) is 23.2 Å². The van der Waals surface area contributed by atoms with Crippen LogP contribution in [0.15, 0.2) is 54.6 Å². The van der Waals surface area contributed by atoms with E-state index < -0.39 is 0 Å². The molecule has 4 aromatic rings. The van der Waals surface area contributed by atoms with Gasteiger partial charge in [-0.1, -0.05) is 36.4 Å². The lowest BCUT2D eigenvalue weighted by atomic mass is 9.88. The van der Waals surface area contributed by atoms with Gasteiger partial charge in [0, 0.05) is 5.39 Å². The maximum atomic E-state index is 13.2. The largest absolute Gasteiger partial charge is 0.345 e. The Hall–Kier alpha value is -2.99. The van der Waals surface area contributed by atoms with Crippen LogP contribution < -0.4 is 5.32 Å². The highest BCUT2D eigenvalue weighted by atomic mass is 32.1. The Morgan fingerprint density at radius 2 is 2.03 bits per heavy atom. The fraction of sp³-hybridized carbons (Fsp3) is 0.250. The molecule has 2 aromatic heterocycles. The van der Waals surface area contributed by atoms with Gasteiger partial charge in [0.1, 0.15) is 10.6 Å². The summed E-state index contributed by atoms with van der Waals surface area (Å²) in [6.07, 6.45) is 3.12. The Balaban J connectivity index is 1.40. The maximum Gasteiger partial charge on any atom is 0.261 e. The maximum absolute atomic E-state index is 13.2. The number of rotatable bonds is 4. The molecule has 0 bridgehead atoms. The lowest BCUT2D eigenvalue weighted by molar-refractivity contribution is 0.0937. The van der Waals surface area contributed by atoms with Crippen molar-refractivity contribution in [2.75, 3.05) is 0 Å². The molecule has 0 saturated carbocycles. The van der Waals surface area contributed by atoms with E-state index in [1.807, 2.05) is 23.7 Å². The molecule has 1 amide bonds. The van der Waals surface area contributed by atoms with E-state index in [4.69, 9.17) is 0 Å². The van der Waals surface area contributed by atoms with Crippen molar-refractivity contribution in [1.82, 2.24) is 15.1 Å². The number of fused-ring (bicyclic) bond motifs is 2. The smallest absolute Gasteiger partial charge is 0.261 e. The molecule has 2 heterocycles. The van der Waals surface area contributed by atoms with Crippen LogP contribution in [0.3, 0.4) is 0 Å². The predicted molar refractivity (Wildman–Crippen MR) is 117 cm³/mol. The first-order valence-electron chi connectivity index (χ1n) is 10.2. The van der Waals surface area contributed by atoms with Gasteiger partial charge in [0.15, 0.2) is 0 Å². The fourth-order valence-corrected chi connectivity index (χ4v) is 5.29. The first-order valence-corrected chi connectivity index (χ1v) is 11.0. The third-order valence-corrected chi connectivity index (χ3v) is 6.90. The van der Waals surface area contributed by atoms with Crippen LogP contribution in [0.25, 0.3) is 10.2 Å². The van der Waals surface area contributed by atoms with E-state index in [9.17, 15) is 9.18 Å². The van der Waals surface area contributed by atoms with Crippen LogP contribution in [0.1, 0.15) is 50.9 Å². The zero-order valence-electron chi connectivity index (χ0n) is 16.7. The second-order valence-electron chi connectivity index (χ2n) is 7.82. The Morgan fingerprint density at radius 3 is 2.87 bits per heavy atom. The topological polar surface area (TPSA) is 46.9 Å². The van der Waals surface area contributed by atoms with Crippen molar-refractivity contribution in [3.8, 4) is 0 Å². The molecular formula is C24H22FN3OS. The molecule has 152 valence electrons. The van der Waals surface area contributed by atoms with Gasteiger partial charge in [0.2, 0.25) is 0 Å². The molecule has 1 aliphatic rings. The average Bonchev–Trinajstić information content (AvgIpc) is 3.31. The van der Waals surface area contributed by atoms with E-state index in [2.05, 4.69) is 28.6 Å². The van der Waals surface area contributed by atoms with Crippen molar-refractivity contribution < 1.29 is 9.18 Å². The van der Waals surface area contributed by atoms with Crippen LogP contribution in [-0.4, -0.2) is 15.7 Å². The minimum Gasteiger partial charge on any atom is -0.345 e. The van der Waals surface area contributed by atoms with E-state index in [0.29, 0.717) is 11.4 Å². The highest BCUT2D eigenvalue weighted by molar-refractivity contribution is 7.20. The number of hydrogen-bond donors (Lipinski definition) is 1. The van der Waals surface area contributed by atoms with Crippen LogP contribution in [0.4, 0.5) is 4.39 Å². The summed E-state index contributed by atoms with van der Waals surface area (Å²) >= 11 is 1.46. The van der Waals surface area contributed by atoms with Gasteiger partial charge in [0.25, 0.3) is 5.91 Å². The zero-order chi connectivity index (χ0) is 20.7. The van der Waals surface area contributed by atoms with Crippen LogP contribution in [0, 0.1) is 12.7 Å². The second kappa shape index (κ2) is 7.69. The molecule has 1 N–H and O–H groups in total. The lowest BCUT2D eigenvalue weighted by Gasteiger charge is -2.26. The molecule has 0 saturated heterocycles. The third-order valence-electron chi connectivity index (χ3n) is 5.75. The van der Waals surface area contributed by atoms with Crippen molar-refractivity contribution >= 4 is 27.5 Å². The molecule has 0 unspecified atom stereocenters. The molecule has 4 nitrogen and oxygen atoms in total. The number of carbonyl (C=O) groups excluding carboxylic acids is 1. The number of nitrogens with one attached hydrogen (secondary N) is 1. The average molecular weight is 420 g/mol. The van der Waals surface area contributed by atoms with Crippen molar-refractivity contribution in [1.29, 1.82) is 0 Å². The Morgan fingerprint density at radius 1 is 1.23 bits per heavy atom. The number of thiophene rings is 1. The quantitative estimate of drug-likeness (QED) is 0.481. The molecule has 1 atom stereocenters. The van der Waals surface area contributed by atoms with E-state index >= 15 is 0 Å². The molecule has 1 aliphatic carbocycles. The summed E-state index contributed by atoms with van der Waals surface area (Å²) in [6.45, 7) is 2.50. The van der Waals surface area contributed by atoms with Crippen LogP contribution in [-0.2, 0) is 13.0 Å². The summed E-state index contributed by atoms with van der Waals surface area (Å²) in [4.78, 5) is 14.7. The van der Waals surface area contributed by atoms with Gasteiger partial charge in [-0.15, -0.1) is 11.3 Å². The normalized spacial score (nSPS) is 15.9. The minimum atomic E-state index is -0.250. The first-order chi connectivity index (χ1) is 14.6. The van der Waals surface area contributed by atoms with Gasteiger partial charge in [-0.2, -0.15) is 5.10 Å². The molecule has 0 spiro atoms. The van der Waals surface area contributed by atoms with Gasteiger partial charge in [-0.05, 0) is 61.1 Å². The standard InChI is InChI=1S/C24H22FN3OS/c1-15-20-13-22(23(29)26-21-8-4-6-17-5-2-3-7-19(17)21)30-24(20)28(27-15)14-16-9-11-18(25)12-10-16/h2-3,5,7,9-13,21H,4,6,8,14H2,1H3,(H,26,29)/t21-/m0/s1. The number of benzene rings is 2. The van der Waals surface area contributed by atoms with Gasteiger partial charge < -0.3 is 5.32 Å². The van der Waals surface area contributed by atoms with E-state index in [1.165, 1.54) is 34.6 Å². The molecule has 5 rings (SSSR count). The number of aromatic nitrogens is 2. The number of amides is 1. The molecule has 0 aliphatic heterocycles. The summed E-state index contributed by atoms with van der Waals surface area (Å²) in [5.41, 5.74) is 4.43. The number of hydrogen-bond acceptors (Lipinski definition) is 3. The van der Waals surface area contributed by atoms with Gasteiger partial charge >= 0.3 is 0 Å². The summed E-state index contributed by atoms with van der Waals surface area (Å²) in [7, 11) is 0. The molecule has 2 aromatic carbocycles. The Kier molecular flexibility index (Phi) is 4.87. The summed E-state index contributed by atoms with van der Waals surface area (Å²) in [5.74, 6) is -0.287. The number of nitrogens with zero attached hydrogens (tertiary/aromatic N) is 2. The van der Waals surface area contributed by atoms with E-state index in [1.54, 1.807) is 12.1 Å². The van der Waals surface area contributed by atoms with Crippen molar-refractivity contribution in [3.05, 3.63) is 87.7 Å². The monoisotopic (exact) mass is 419 g/mol. The molecule has 0 fully saturated rings. The number of carbonyl (C=O) groups is 1. The van der Waals surface area contributed by atoms with Crippen molar-refractivity contribution in [2.45, 2.75) is 38.8 Å². The number of aryl methyl sites for hydroxylation is 2. The molecular weight excluding hydrogens is 397 g/mol. The van der Waals surface area contributed by atoms with Crippen LogP contribution in [0.2, 0.25) is 0 Å². The Labute approximate surface area is 178 Å². The van der Waals surface area contributed by atoms with E-state index in [-0.39, 0.29) is 17.8 Å². The third kappa shape index (κ3) is 3.52. The summed E-state index contributed by atoms with van der Waals surface area (Å²) in [6, 6.07) is 16.8. The fourth-order valence-electron chi connectivity index (χ4n) is 4.23. The highest BCUT2D eigenvalue weighted by Crippen LogP contribution is 2.32. The van der Waals surface area contributed by atoms with Gasteiger partial charge in [-0.3, -0.25) is 9.48 Å². The predicted octanol–water partition coefficient (Wildman–Crippen LogP) is 5.40. The second-order valence-corrected chi connectivity index (χ2v) is 8.85. The molecule has 30 heavy (non-hydrogen) atoms. The van der Waals surface area contributed by atoms with Crippen LogP contribution in [0.5, 0.6) is 0 Å². The summed E-state index contributed by atoms with van der Waals surface area (Å²) < 4.78 is 15.1. The highest BCUT2D eigenvalue weighted by Gasteiger charge is 2.23. The molecule has 6 heteroatoms. The van der Waals surface area contributed by atoms with Crippen molar-refractivity contribution in [3.63, 3.8) is 0 Å². The Bertz CT molecular complexity index is 1230. The van der Waals surface area contributed by atoms with Crippen molar-refractivity contribution in [2.24, 2.45) is 0 Å². The molecule has 0 radical (unpaired) electrons. The SMILES string of the molecule is Cc1nn(Cc2ccc(F)cc2)c2sc(C(=O)N[C@H]3CCCc4ccccc43)cc12. The number of halogens is 1.